The quantitative estimate of drug-likeness (QED) is 0.0345. The molecule has 6 heteroatoms. The Balaban J connectivity index is 4.12. The van der Waals surface area contributed by atoms with Gasteiger partial charge in [0.1, 0.15) is 13.2 Å². The van der Waals surface area contributed by atoms with Crippen molar-refractivity contribution in [3.63, 3.8) is 0 Å². The lowest BCUT2D eigenvalue weighted by Crippen LogP contribution is -2.30. The van der Waals surface area contributed by atoms with Crippen molar-refractivity contribution in [2.75, 3.05) is 13.2 Å². The molecule has 2 atom stereocenters. The summed E-state index contributed by atoms with van der Waals surface area (Å²) >= 11 is 0. The summed E-state index contributed by atoms with van der Waals surface area (Å²) in [4.78, 5) is 37.8. The summed E-state index contributed by atoms with van der Waals surface area (Å²) in [5.74, 6) is 0.813. The highest BCUT2D eigenvalue weighted by atomic mass is 16.6. The zero-order valence-corrected chi connectivity index (χ0v) is 40.4. The highest BCUT2D eigenvalue weighted by molar-refractivity contribution is 5.71. The van der Waals surface area contributed by atoms with E-state index in [-0.39, 0.29) is 31.1 Å². The molecule has 0 bridgehead atoms. The second kappa shape index (κ2) is 45.9. The van der Waals surface area contributed by atoms with Gasteiger partial charge in [0.15, 0.2) is 6.10 Å². The van der Waals surface area contributed by atoms with E-state index in [1.807, 2.05) is 0 Å². The Morgan fingerprint density at radius 2 is 0.644 bits per heavy atom. The minimum atomic E-state index is -0.761. The Morgan fingerprint density at radius 1 is 0.356 bits per heavy atom. The van der Waals surface area contributed by atoms with E-state index >= 15 is 0 Å². The van der Waals surface area contributed by atoms with Gasteiger partial charge >= 0.3 is 17.9 Å². The SMILES string of the molecule is CCCCCCCCCCCCC(=O)OC[C@@H](COC(=O)CCCCCCCCCCCCCCCCCCCCC(C)CC)OC(=O)CCCCCCCCC(C)C. The van der Waals surface area contributed by atoms with Gasteiger partial charge in [-0.05, 0) is 31.1 Å². The van der Waals surface area contributed by atoms with Crippen LogP contribution in [0.4, 0.5) is 0 Å². The van der Waals surface area contributed by atoms with Crippen molar-refractivity contribution in [1.82, 2.24) is 0 Å². The molecule has 0 fully saturated rings. The molecule has 0 saturated heterocycles. The average Bonchev–Trinajstić information content (AvgIpc) is 3.22. The van der Waals surface area contributed by atoms with E-state index in [2.05, 4.69) is 34.6 Å². The zero-order valence-electron chi connectivity index (χ0n) is 40.4. The van der Waals surface area contributed by atoms with Crippen molar-refractivity contribution in [3.8, 4) is 0 Å². The molecular formula is C53H102O6. The Labute approximate surface area is 368 Å². The topological polar surface area (TPSA) is 78.9 Å². The minimum absolute atomic E-state index is 0.0648. The Bertz CT molecular complexity index is 902. The minimum Gasteiger partial charge on any atom is -0.462 e. The second-order valence-electron chi connectivity index (χ2n) is 18.9. The molecular weight excluding hydrogens is 733 g/mol. The molecule has 0 aromatic rings. The van der Waals surface area contributed by atoms with Crippen LogP contribution in [0.5, 0.6) is 0 Å². The van der Waals surface area contributed by atoms with Gasteiger partial charge in [-0.1, -0.05) is 253 Å². The van der Waals surface area contributed by atoms with Crippen LogP contribution in [0.2, 0.25) is 0 Å². The number of carbonyl (C=O) groups is 3. The third-order valence-electron chi connectivity index (χ3n) is 12.3. The van der Waals surface area contributed by atoms with Gasteiger partial charge in [0, 0.05) is 19.3 Å². The number of unbranched alkanes of at least 4 members (excludes halogenated alkanes) is 31. The van der Waals surface area contributed by atoms with Crippen LogP contribution >= 0.6 is 0 Å². The maximum atomic E-state index is 12.7. The van der Waals surface area contributed by atoms with Crippen LogP contribution in [-0.4, -0.2) is 37.2 Å². The molecule has 0 N–H and O–H groups in total. The molecule has 0 aliphatic heterocycles. The molecule has 6 nitrogen and oxygen atoms in total. The first kappa shape index (κ1) is 57.4. The van der Waals surface area contributed by atoms with E-state index in [0.29, 0.717) is 19.3 Å². The fourth-order valence-electron chi connectivity index (χ4n) is 7.96. The third-order valence-corrected chi connectivity index (χ3v) is 12.3. The van der Waals surface area contributed by atoms with Crippen molar-refractivity contribution in [3.05, 3.63) is 0 Å². The van der Waals surface area contributed by atoms with E-state index in [1.165, 1.54) is 180 Å². The standard InChI is InChI=1S/C53H102O6/c1-6-8-9-10-11-12-24-27-33-38-43-51(54)57-46-50(59-53(56)45-40-35-30-29-31-36-41-48(3)4)47-58-52(55)44-39-34-28-25-22-20-18-16-14-13-15-17-19-21-23-26-32-37-42-49(5)7-2/h48-50H,6-47H2,1-5H3/t49?,50-/m0/s1. The van der Waals surface area contributed by atoms with E-state index < -0.39 is 6.10 Å². The number of hydrogen-bond donors (Lipinski definition) is 0. The number of hydrogen-bond acceptors (Lipinski definition) is 6. The normalized spacial score (nSPS) is 12.5. The summed E-state index contributed by atoms with van der Waals surface area (Å²) in [6.07, 6.45) is 46.8. The van der Waals surface area contributed by atoms with Gasteiger partial charge in [0.2, 0.25) is 0 Å². The van der Waals surface area contributed by atoms with Crippen molar-refractivity contribution in [2.24, 2.45) is 11.8 Å². The highest BCUT2D eigenvalue weighted by Gasteiger charge is 2.19. The van der Waals surface area contributed by atoms with Gasteiger partial charge in [-0.15, -0.1) is 0 Å². The summed E-state index contributed by atoms with van der Waals surface area (Å²) in [5.41, 5.74) is 0. The van der Waals surface area contributed by atoms with Crippen LogP contribution in [0.15, 0.2) is 0 Å². The Hall–Kier alpha value is -1.59. The van der Waals surface area contributed by atoms with Crippen LogP contribution in [0, 0.1) is 11.8 Å². The molecule has 0 aromatic heterocycles. The lowest BCUT2D eigenvalue weighted by molar-refractivity contribution is -0.167. The van der Waals surface area contributed by atoms with Crippen LogP contribution in [0.3, 0.4) is 0 Å². The molecule has 0 rings (SSSR count). The number of ether oxygens (including phenoxy) is 3. The molecule has 0 aliphatic carbocycles. The molecule has 1 unspecified atom stereocenters. The van der Waals surface area contributed by atoms with Gasteiger partial charge in [0.05, 0.1) is 0 Å². The molecule has 0 saturated carbocycles. The van der Waals surface area contributed by atoms with Crippen molar-refractivity contribution in [2.45, 2.75) is 298 Å². The van der Waals surface area contributed by atoms with Crippen molar-refractivity contribution < 1.29 is 28.6 Å². The monoisotopic (exact) mass is 835 g/mol. The zero-order chi connectivity index (χ0) is 43.3. The predicted octanol–water partition coefficient (Wildman–Crippen LogP) is 16.9. The first-order valence-electron chi connectivity index (χ1n) is 26.3. The van der Waals surface area contributed by atoms with E-state index in [9.17, 15) is 14.4 Å². The van der Waals surface area contributed by atoms with Gasteiger partial charge < -0.3 is 14.2 Å². The summed E-state index contributed by atoms with van der Waals surface area (Å²) in [7, 11) is 0. The smallest absolute Gasteiger partial charge is 0.306 e. The molecule has 0 amide bonds. The van der Waals surface area contributed by atoms with Gasteiger partial charge in [-0.2, -0.15) is 0 Å². The van der Waals surface area contributed by atoms with Crippen molar-refractivity contribution in [1.29, 1.82) is 0 Å². The maximum Gasteiger partial charge on any atom is 0.306 e. The van der Waals surface area contributed by atoms with E-state index in [4.69, 9.17) is 14.2 Å². The highest BCUT2D eigenvalue weighted by Crippen LogP contribution is 2.18. The predicted molar refractivity (Wildman–Crippen MR) is 252 cm³/mol. The summed E-state index contributed by atoms with van der Waals surface area (Å²) in [6, 6.07) is 0. The summed E-state index contributed by atoms with van der Waals surface area (Å²) < 4.78 is 16.7. The maximum absolute atomic E-state index is 12.7. The lowest BCUT2D eigenvalue weighted by Gasteiger charge is -2.18. The first-order chi connectivity index (χ1) is 28.8. The molecule has 0 heterocycles. The van der Waals surface area contributed by atoms with Crippen molar-refractivity contribution >= 4 is 17.9 Å². The van der Waals surface area contributed by atoms with E-state index in [1.54, 1.807) is 0 Å². The molecule has 0 radical (unpaired) electrons. The third kappa shape index (κ3) is 45.8. The number of esters is 3. The van der Waals surface area contributed by atoms with Gasteiger partial charge in [0.25, 0.3) is 0 Å². The molecule has 350 valence electrons. The lowest BCUT2D eigenvalue weighted by atomic mass is 9.99. The van der Waals surface area contributed by atoms with Crippen LogP contribution in [0.25, 0.3) is 0 Å². The molecule has 0 spiro atoms. The second-order valence-corrected chi connectivity index (χ2v) is 18.9. The Kier molecular flexibility index (Phi) is 44.7. The number of carbonyl (C=O) groups excluding carboxylic acids is 3. The largest absolute Gasteiger partial charge is 0.462 e. The fourth-order valence-corrected chi connectivity index (χ4v) is 7.96. The van der Waals surface area contributed by atoms with Gasteiger partial charge in [-0.25, -0.2) is 0 Å². The average molecular weight is 835 g/mol. The van der Waals surface area contributed by atoms with Crippen LogP contribution in [0.1, 0.15) is 291 Å². The molecule has 0 aromatic carbocycles. The van der Waals surface area contributed by atoms with Crippen LogP contribution in [-0.2, 0) is 28.6 Å². The molecule has 0 aliphatic rings. The fraction of sp³-hybridized carbons (Fsp3) is 0.943. The molecule has 59 heavy (non-hydrogen) atoms. The van der Waals surface area contributed by atoms with Crippen LogP contribution < -0.4 is 0 Å². The van der Waals surface area contributed by atoms with E-state index in [0.717, 1.165) is 69.6 Å². The number of rotatable bonds is 47. The first-order valence-corrected chi connectivity index (χ1v) is 26.3. The Morgan fingerprint density at radius 3 is 0.966 bits per heavy atom. The van der Waals surface area contributed by atoms with Gasteiger partial charge in [-0.3, -0.25) is 14.4 Å². The summed E-state index contributed by atoms with van der Waals surface area (Å²) in [5, 5.41) is 0. The summed E-state index contributed by atoms with van der Waals surface area (Å²) in [6.45, 7) is 11.3.